The second-order valence-electron chi connectivity index (χ2n) is 4.37. The minimum Gasteiger partial charge on any atom is -0.389 e. The Morgan fingerprint density at radius 3 is 2.68 bits per heavy atom. The molecule has 0 aliphatic heterocycles. The normalized spacial score (nSPS) is 13.2. The number of hydrogen-bond donors (Lipinski definition) is 2. The first-order chi connectivity index (χ1) is 8.77. The van der Waals surface area contributed by atoms with Gasteiger partial charge in [-0.2, -0.15) is 0 Å². The molecular weight excluding hydrogens is 287 g/mol. The SMILES string of the molecule is CCC(C)CNS(=O)(=O)c1ccc(F)c(C(N)=S)c1. The fourth-order valence-corrected chi connectivity index (χ4v) is 2.69. The van der Waals surface area contributed by atoms with E-state index in [-0.39, 0.29) is 21.4 Å². The Morgan fingerprint density at radius 2 is 2.16 bits per heavy atom. The highest BCUT2D eigenvalue weighted by atomic mass is 32.2. The summed E-state index contributed by atoms with van der Waals surface area (Å²) in [5, 5.41) is 0. The molecule has 0 spiro atoms. The van der Waals surface area contributed by atoms with Crippen LogP contribution < -0.4 is 10.5 Å². The van der Waals surface area contributed by atoms with Crippen molar-refractivity contribution in [2.45, 2.75) is 25.2 Å². The molecule has 0 saturated heterocycles. The highest BCUT2D eigenvalue weighted by molar-refractivity contribution is 7.89. The van der Waals surface area contributed by atoms with E-state index in [4.69, 9.17) is 5.73 Å². The van der Waals surface area contributed by atoms with E-state index >= 15 is 0 Å². The van der Waals surface area contributed by atoms with Gasteiger partial charge in [0.15, 0.2) is 0 Å². The summed E-state index contributed by atoms with van der Waals surface area (Å²) in [5.41, 5.74) is 5.28. The maximum atomic E-state index is 13.4. The first kappa shape index (κ1) is 16.0. The molecule has 1 aromatic carbocycles. The van der Waals surface area contributed by atoms with E-state index in [1.807, 2.05) is 13.8 Å². The Bertz CT molecular complexity index is 573. The second-order valence-corrected chi connectivity index (χ2v) is 6.58. The summed E-state index contributed by atoms with van der Waals surface area (Å²) < 4.78 is 39.9. The average molecular weight is 304 g/mol. The highest BCUT2D eigenvalue weighted by Crippen LogP contribution is 2.15. The van der Waals surface area contributed by atoms with E-state index in [1.54, 1.807) is 0 Å². The second kappa shape index (κ2) is 6.40. The third-order valence-corrected chi connectivity index (χ3v) is 4.47. The Hall–Kier alpha value is -1.05. The summed E-state index contributed by atoms with van der Waals surface area (Å²) >= 11 is 4.68. The number of nitrogens with one attached hydrogen (secondary N) is 1. The van der Waals surface area contributed by atoms with Gasteiger partial charge in [0.25, 0.3) is 0 Å². The van der Waals surface area contributed by atoms with E-state index in [0.29, 0.717) is 6.54 Å². The van der Waals surface area contributed by atoms with Crippen molar-refractivity contribution < 1.29 is 12.8 Å². The standard InChI is InChI=1S/C12H17FN2O2S2/c1-3-8(2)7-15-19(16,17)9-4-5-11(13)10(6-9)12(14)18/h4-6,8,15H,3,7H2,1-2H3,(H2,14,18). The average Bonchev–Trinajstić information content (AvgIpc) is 2.35. The van der Waals surface area contributed by atoms with Gasteiger partial charge in [0.1, 0.15) is 10.8 Å². The van der Waals surface area contributed by atoms with Gasteiger partial charge in [-0.25, -0.2) is 17.5 Å². The zero-order valence-corrected chi connectivity index (χ0v) is 12.4. The van der Waals surface area contributed by atoms with Crippen molar-refractivity contribution in [1.29, 1.82) is 0 Å². The van der Waals surface area contributed by atoms with Crippen molar-refractivity contribution in [2.24, 2.45) is 11.7 Å². The molecule has 3 N–H and O–H groups in total. The van der Waals surface area contributed by atoms with E-state index in [2.05, 4.69) is 16.9 Å². The van der Waals surface area contributed by atoms with Crippen molar-refractivity contribution >= 4 is 27.2 Å². The molecule has 0 bridgehead atoms. The molecule has 0 heterocycles. The first-order valence-corrected chi connectivity index (χ1v) is 7.76. The number of rotatable bonds is 6. The van der Waals surface area contributed by atoms with Gasteiger partial charge in [-0.15, -0.1) is 0 Å². The molecule has 0 aromatic heterocycles. The minimum atomic E-state index is -3.67. The number of nitrogens with two attached hydrogens (primary N) is 1. The van der Waals surface area contributed by atoms with Crippen LogP contribution in [0.4, 0.5) is 4.39 Å². The van der Waals surface area contributed by atoms with Crippen LogP contribution in [-0.2, 0) is 10.0 Å². The van der Waals surface area contributed by atoms with Gasteiger partial charge in [0.2, 0.25) is 10.0 Å². The molecule has 0 amide bonds. The molecule has 0 saturated carbocycles. The van der Waals surface area contributed by atoms with Gasteiger partial charge < -0.3 is 5.73 Å². The van der Waals surface area contributed by atoms with Gasteiger partial charge in [-0.3, -0.25) is 0 Å². The minimum absolute atomic E-state index is 0.0417. The predicted octanol–water partition coefficient (Wildman–Crippen LogP) is 1.78. The van der Waals surface area contributed by atoms with E-state index in [1.165, 1.54) is 6.07 Å². The lowest BCUT2D eigenvalue weighted by Crippen LogP contribution is -2.28. The van der Waals surface area contributed by atoms with E-state index < -0.39 is 15.8 Å². The number of hydrogen-bond acceptors (Lipinski definition) is 3. The molecule has 0 aliphatic carbocycles. The van der Waals surface area contributed by atoms with E-state index in [0.717, 1.165) is 18.6 Å². The lowest BCUT2D eigenvalue weighted by molar-refractivity contribution is 0.528. The highest BCUT2D eigenvalue weighted by Gasteiger charge is 2.17. The van der Waals surface area contributed by atoms with Gasteiger partial charge in [0.05, 0.1) is 4.90 Å². The summed E-state index contributed by atoms with van der Waals surface area (Å²) in [7, 11) is -3.67. The summed E-state index contributed by atoms with van der Waals surface area (Å²) in [5.74, 6) is -0.404. The first-order valence-electron chi connectivity index (χ1n) is 5.87. The molecular formula is C12H17FN2O2S2. The summed E-state index contributed by atoms with van der Waals surface area (Å²) in [6.07, 6.45) is 0.865. The lowest BCUT2D eigenvalue weighted by atomic mass is 10.1. The number of thiocarbonyl (C=S) groups is 1. The number of sulfonamides is 1. The number of benzene rings is 1. The van der Waals surface area contributed by atoms with Gasteiger partial charge in [-0.1, -0.05) is 32.5 Å². The molecule has 0 fully saturated rings. The van der Waals surface area contributed by atoms with Gasteiger partial charge in [-0.05, 0) is 24.1 Å². The van der Waals surface area contributed by atoms with Crippen molar-refractivity contribution in [3.8, 4) is 0 Å². The summed E-state index contributed by atoms with van der Waals surface area (Å²) in [6, 6.07) is 3.39. The third-order valence-electron chi connectivity index (χ3n) is 2.83. The maximum Gasteiger partial charge on any atom is 0.240 e. The van der Waals surface area contributed by atoms with E-state index in [9.17, 15) is 12.8 Å². The van der Waals surface area contributed by atoms with Crippen LogP contribution in [0, 0.1) is 11.7 Å². The van der Waals surface area contributed by atoms with Crippen LogP contribution in [0.15, 0.2) is 23.1 Å². The Labute approximate surface area is 118 Å². The Kier molecular flexibility index (Phi) is 5.39. The molecule has 1 atom stereocenters. The lowest BCUT2D eigenvalue weighted by Gasteiger charge is -2.11. The molecule has 7 heteroatoms. The van der Waals surface area contributed by atoms with Crippen LogP contribution in [0.5, 0.6) is 0 Å². The van der Waals surface area contributed by atoms with Crippen LogP contribution in [0.1, 0.15) is 25.8 Å². The summed E-state index contributed by atoms with van der Waals surface area (Å²) in [6.45, 7) is 4.24. The quantitative estimate of drug-likeness (QED) is 0.786. The Morgan fingerprint density at radius 1 is 1.53 bits per heavy atom. The molecule has 1 unspecified atom stereocenters. The topological polar surface area (TPSA) is 72.2 Å². The smallest absolute Gasteiger partial charge is 0.240 e. The summed E-state index contributed by atoms with van der Waals surface area (Å²) in [4.78, 5) is -0.212. The maximum absolute atomic E-state index is 13.4. The predicted molar refractivity (Wildman–Crippen MR) is 76.9 cm³/mol. The fourth-order valence-electron chi connectivity index (χ4n) is 1.34. The third kappa shape index (κ3) is 4.22. The van der Waals surface area contributed by atoms with Crippen molar-refractivity contribution in [2.75, 3.05) is 6.54 Å². The van der Waals surface area contributed by atoms with Crippen molar-refractivity contribution in [1.82, 2.24) is 4.72 Å². The van der Waals surface area contributed by atoms with Crippen LogP contribution >= 0.6 is 12.2 Å². The van der Waals surface area contributed by atoms with Gasteiger partial charge in [0, 0.05) is 12.1 Å². The van der Waals surface area contributed by atoms with Crippen molar-refractivity contribution in [3.05, 3.63) is 29.6 Å². The van der Waals surface area contributed by atoms with Crippen LogP contribution in [0.25, 0.3) is 0 Å². The zero-order chi connectivity index (χ0) is 14.6. The molecule has 0 aliphatic rings. The monoisotopic (exact) mass is 304 g/mol. The molecule has 19 heavy (non-hydrogen) atoms. The molecule has 1 rings (SSSR count). The number of halogens is 1. The molecule has 1 aromatic rings. The molecule has 4 nitrogen and oxygen atoms in total. The van der Waals surface area contributed by atoms with Crippen LogP contribution in [0.2, 0.25) is 0 Å². The molecule has 106 valence electrons. The largest absolute Gasteiger partial charge is 0.389 e. The zero-order valence-electron chi connectivity index (χ0n) is 10.8. The van der Waals surface area contributed by atoms with Gasteiger partial charge >= 0.3 is 0 Å². The van der Waals surface area contributed by atoms with Crippen LogP contribution in [-0.4, -0.2) is 20.0 Å². The molecule has 0 radical (unpaired) electrons. The Balaban J connectivity index is 3.02. The van der Waals surface area contributed by atoms with Crippen LogP contribution in [0.3, 0.4) is 0 Å². The van der Waals surface area contributed by atoms with Crippen molar-refractivity contribution in [3.63, 3.8) is 0 Å². The fraction of sp³-hybridized carbons (Fsp3) is 0.417.